The molecule has 0 atom stereocenters. The number of aromatic amines is 1. The van der Waals surface area contributed by atoms with Gasteiger partial charge in [-0.2, -0.15) is 5.26 Å². The van der Waals surface area contributed by atoms with Crippen molar-refractivity contribution in [1.29, 1.82) is 5.26 Å². The lowest BCUT2D eigenvalue weighted by molar-refractivity contribution is 0.590. The van der Waals surface area contributed by atoms with E-state index < -0.39 is 0 Å². The van der Waals surface area contributed by atoms with Crippen molar-refractivity contribution >= 4 is 22.7 Å². The van der Waals surface area contributed by atoms with Crippen LogP contribution in [0.2, 0.25) is 0 Å². The molecule has 1 N–H and O–H groups in total. The highest BCUT2D eigenvalue weighted by atomic mass is 14.9. The third kappa shape index (κ3) is 3.17. The highest BCUT2D eigenvalue weighted by molar-refractivity contribution is 5.90. The van der Waals surface area contributed by atoms with Gasteiger partial charge in [0.15, 0.2) is 0 Å². The normalized spacial score (nSPS) is 12.3. The first-order valence-electron chi connectivity index (χ1n) is 7.65. The Bertz CT molecular complexity index is 867. The first-order chi connectivity index (χ1) is 11.0. The summed E-state index contributed by atoms with van der Waals surface area (Å²) in [4.78, 5) is 7.69. The van der Waals surface area contributed by atoms with Gasteiger partial charge in [0.2, 0.25) is 0 Å². The number of fused-ring (bicyclic) bond motifs is 1. The summed E-state index contributed by atoms with van der Waals surface area (Å²) in [6.07, 6.45) is 1.87. The molecule has 0 aliphatic rings. The quantitative estimate of drug-likeness (QED) is 0.683. The first kappa shape index (κ1) is 15.1. The second kappa shape index (κ2) is 5.73. The smallest absolute Gasteiger partial charge is 0.149 e. The van der Waals surface area contributed by atoms with E-state index in [2.05, 4.69) is 48.9 Å². The molecule has 114 valence electrons. The summed E-state index contributed by atoms with van der Waals surface area (Å²) < 4.78 is 0. The fourth-order valence-electron chi connectivity index (χ4n) is 2.48. The number of aromatic nitrogens is 2. The summed E-state index contributed by atoms with van der Waals surface area (Å²) in [6.45, 7) is 6.56. The number of allylic oxidation sites excluding steroid dienone is 1. The number of nitriles is 1. The highest BCUT2D eigenvalue weighted by Crippen LogP contribution is 2.24. The molecular weight excluding hydrogens is 282 g/mol. The van der Waals surface area contributed by atoms with Gasteiger partial charge in [-0.05, 0) is 34.8 Å². The van der Waals surface area contributed by atoms with E-state index in [0.717, 1.165) is 16.6 Å². The van der Waals surface area contributed by atoms with Gasteiger partial charge in [0.25, 0.3) is 0 Å². The highest BCUT2D eigenvalue weighted by Gasteiger charge is 2.13. The second-order valence-electron chi connectivity index (χ2n) is 6.64. The van der Waals surface area contributed by atoms with E-state index >= 15 is 0 Å². The number of rotatable bonds is 2. The maximum Gasteiger partial charge on any atom is 0.149 e. The number of nitrogens with zero attached hydrogens (tertiary/aromatic N) is 2. The Morgan fingerprint density at radius 3 is 2.39 bits per heavy atom. The van der Waals surface area contributed by atoms with Crippen molar-refractivity contribution in [2.45, 2.75) is 26.2 Å². The Morgan fingerprint density at radius 2 is 1.78 bits per heavy atom. The zero-order valence-electron chi connectivity index (χ0n) is 13.6. The van der Waals surface area contributed by atoms with Gasteiger partial charge in [0.05, 0.1) is 16.6 Å². The maximum absolute atomic E-state index is 9.47. The maximum atomic E-state index is 9.47. The number of nitrogens with one attached hydrogen (secondary N) is 1. The molecule has 3 rings (SSSR count). The molecule has 23 heavy (non-hydrogen) atoms. The van der Waals surface area contributed by atoms with Crippen molar-refractivity contribution in [3.63, 3.8) is 0 Å². The standard InChI is InChI=1S/C20H19N3/c1-20(2,3)16-10-8-14(9-11-16)12-15(13-21)19-22-17-6-4-5-7-18(17)23-19/h4-12H,1-3H3,(H,22,23)/b15-12+. The molecule has 0 fully saturated rings. The monoisotopic (exact) mass is 301 g/mol. The van der Waals surface area contributed by atoms with Crippen LogP contribution in [0.5, 0.6) is 0 Å². The third-order valence-electron chi connectivity index (χ3n) is 3.85. The first-order valence-corrected chi connectivity index (χ1v) is 7.65. The average Bonchev–Trinajstić information content (AvgIpc) is 2.96. The second-order valence-corrected chi connectivity index (χ2v) is 6.64. The van der Waals surface area contributed by atoms with Gasteiger partial charge in [-0.15, -0.1) is 0 Å². The minimum Gasteiger partial charge on any atom is -0.337 e. The van der Waals surface area contributed by atoms with Crippen molar-refractivity contribution in [3.05, 3.63) is 65.5 Å². The molecule has 1 aromatic heterocycles. The van der Waals surface area contributed by atoms with Crippen molar-refractivity contribution in [3.8, 4) is 6.07 Å². The van der Waals surface area contributed by atoms with E-state index in [1.807, 2.05) is 42.5 Å². The van der Waals surface area contributed by atoms with E-state index in [9.17, 15) is 5.26 Å². The summed E-state index contributed by atoms with van der Waals surface area (Å²) in [5.74, 6) is 0.605. The zero-order valence-corrected chi connectivity index (χ0v) is 13.6. The van der Waals surface area contributed by atoms with E-state index in [1.54, 1.807) is 0 Å². The van der Waals surface area contributed by atoms with Crippen molar-refractivity contribution in [2.75, 3.05) is 0 Å². The molecule has 0 aliphatic carbocycles. The summed E-state index contributed by atoms with van der Waals surface area (Å²) in [5, 5.41) is 9.47. The molecule has 2 aromatic carbocycles. The van der Waals surface area contributed by atoms with Gasteiger partial charge in [-0.3, -0.25) is 0 Å². The van der Waals surface area contributed by atoms with E-state index in [1.165, 1.54) is 5.56 Å². The SMILES string of the molecule is CC(C)(C)c1ccc(/C=C(\C#N)c2nc3ccccc3[nH]2)cc1. The zero-order chi connectivity index (χ0) is 16.4. The lowest BCUT2D eigenvalue weighted by atomic mass is 9.86. The van der Waals surface area contributed by atoms with E-state index in [-0.39, 0.29) is 5.41 Å². The fourth-order valence-corrected chi connectivity index (χ4v) is 2.48. The Morgan fingerprint density at radius 1 is 1.09 bits per heavy atom. The molecule has 0 amide bonds. The molecule has 0 aliphatic heterocycles. The number of hydrogen-bond donors (Lipinski definition) is 1. The molecule has 0 unspecified atom stereocenters. The van der Waals surface area contributed by atoms with Crippen LogP contribution in [0.1, 0.15) is 37.7 Å². The summed E-state index contributed by atoms with van der Waals surface area (Å²) in [6, 6.07) is 18.3. The topological polar surface area (TPSA) is 52.5 Å². The molecule has 3 aromatic rings. The van der Waals surface area contributed by atoms with Crippen LogP contribution in [0.25, 0.3) is 22.7 Å². The predicted octanol–water partition coefficient (Wildman–Crippen LogP) is 4.92. The Hall–Kier alpha value is -2.86. The number of H-pyrrole nitrogens is 1. The van der Waals surface area contributed by atoms with Crippen LogP contribution < -0.4 is 0 Å². The number of benzene rings is 2. The van der Waals surface area contributed by atoms with Crippen LogP contribution in [-0.2, 0) is 5.41 Å². The Labute approximate surface area is 136 Å². The Balaban J connectivity index is 1.97. The number of para-hydroxylation sites is 2. The minimum atomic E-state index is 0.124. The van der Waals surface area contributed by atoms with Crippen molar-refractivity contribution < 1.29 is 0 Å². The largest absolute Gasteiger partial charge is 0.337 e. The van der Waals surface area contributed by atoms with Crippen LogP contribution >= 0.6 is 0 Å². The molecule has 0 saturated heterocycles. The fraction of sp³-hybridized carbons (Fsp3) is 0.200. The lowest BCUT2D eigenvalue weighted by Crippen LogP contribution is -2.10. The molecule has 1 heterocycles. The van der Waals surface area contributed by atoms with Gasteiger partial charge in [0.1, 0.15) is 11.9 Å². The van der Waals surface area contributed by atoms with Gasteiger partial charge in [-0.1, -0.05) is 57.2 Å². The van der Waals surface area contributed by atoms with Gasteiger partial charge >= 0.3 is 0 Å². The molecule has 3 nitrogen and oxygen atoms in total. The summed E-state index contributed by atoms with van der Waals surface area (Å²) in [5.41, 5.74) is 4.73. The van der Waals surface area contributed by atoms with Gasteiger partial charge in [-0.25, -0.2) is 4.98 Å². The summed E-state index contributed by atoms with van der Waals surface area (Å²) in [7, 11) is 0. The molecule has 0 bridgehead atoms. The third-order valence-corrected chi connectivity index (χ3v) is 3.85. The lowest BCUT2D eigenvalue weighted by Gasteiger charge is -2.18. The van der Waals surface area contributed by atoms with Gasteiger partial charge in [0, 0.05) is 0 Å². The summed E-state index contributed by atoms with van der Waals surface area (Å²) >= 11 is 0. The minimum absolute atomic E-state index is 0.124. The predicted molar refractivity (Wildman–Crippen MR) is 94.7 cm³/mol. The van der Waals surface area contributed by atoms with Crippen LogP contribution in [0.4, 0.5) is 0 Å². The van der Waals surface area contributed by atoms with Crippen LogP contribution in [0, 0.1) is 11.3 Å². The number of hydrogen-bond acceptors (Lipinski definition) is 2. The van der Waals surface area contributed by atoms with Crippen LogP contribution in [0.15, 0.2) is 48.5 Å². The molecule has 0 radical (unpaired) electrons. The molecule has 3 heteroatoms. The number of imidazole rings is 1. The van der Waals surface area contributed by atoms with Crippen molar-refractivity contribution in [1.82, 2.24) is 9.97 Å². The average molecular weight is 301 g/mol. The van der Waals surface area contributed by atoms with E-state index in [0.29, 0.717) is 11.4 Å². The van der Waals surface area contributed by atoms with Gasteiger partial charge < -0.3 is 4.98 Å². The van der Waals surface area contributed by atoms with Crippen LogP contribution in [0.3, 0.4) is 0 Å². The van der Waals surface area contributed by atoms with Crippen molar-refractivity contribution in [2.24, 2.45) is 0 Å². The van der Waals surface area contributed by atoms with E-state index in [4.69, 9.17) is 0 Å². The Kier molecular flexibility index (Phi) is 3.75. The molecule has 0 spiro atoms. The van der Waals surface area contributed by atoms with Crippen LogP contribution in [-0.4, -0.2) is 9.97 Å². The molecular formula is C20H19N3. The molecule has 0 saturated carbocycles.